The van der Waals surface area contributed by atoms with Crippen molar-refractivity contribution in [1.29, 1.82) is 0 Å². The molecule has 0 spiro atoms. The molecule has 0 radical (unpaired) electrons. The third kappa shape index (κ3) is 4.70. The van der Waals surface area contributed by atoms with E-state index in [0.717, 1.165) is 50.8 Å². The first kappa shape index (κ1) is 18.1. The van der Waals surface area contributed by atoms with Gasteiger partial charge in [-0.25, -0.2) is 9.97 Å². The van der Waals surface area contributed by atoms with Crippen LogP contribution in [0.2, 0.25) is 0 Å². The lowest BCUT2D eigenvalue weighted by atomic mass is 10.2. The molecule has 0 aliphatic carbocycles. The van der Waals surface area contributed by atoms with Gasteiger partial charge in [0.05, 0.1) is 19.4 Å². The van der Waals surface area contributed by atoms with Gasteiger partial charge in [0.1, 0.15) is 12.1 Å². The summed E-state index contributed by atoms with van der Waals surface area (Å²) in [4.78, 5) is 13.1. The molecule has 0 saturated carbocycles. The van der Waals surface area contributed by atoms with Gasteiger partial charge in [0.25, 0.3) is 0 Å². The molecule has 0 atom stereocenters. The Morgan fingerprint density at radius 2 is 1.88 bits per heavy atom. The molecule has 1 N–H and O–H groups in total. The highest BCUT2D eigenvalue weighted by Crippen LogP contribution is 2.16. The maximum Gasteiger partial charge on any atom is 0.151 e. The molecule has 0 unspecified atom stereocenters. The van der Waals surface area contributed by atoms with Crippen LogP contribution >= 0.6 is 0 Å². The Labute approximate surface area is 154 Å². The van der Waals surface area contributed by atoms with Gasteiger partial charge in [0, 0.05) is 37.9 Å². The zero-order chi connectivity index (χ0) is 18.2. The Bertz CT molecular complexity index is 708. The molecule has 2 aromatic rings. The molecular weight excluding hydrogens is 328 g/mol. The molecule has 26 heavy (non-hydrogen) atoms. The first-order valence-corrected chi connectivity index (χ1v) is 9.09. The summed E-state index contributed by atoms with van der Waals surface area (Å²) in [6.07, 6.45) is 3.35. The lowest BCUT2D eigenvalue weighted by Gasteiger charge is -2.27. The zero-order valence-corrected chi connectivity index (χ0v) is 15.4. The topological polar surface area (TPSA) is 65.9 Å². The van der Waals surface area contributed by atoms with E-state index < -0.39 is 0 Å². The molecule has 7 nitrogen and oxygen atoms in total. The Kier molecular flexibility index (Phi) is 6.38. The summed E-state index contributed by atoms with van der Waals surface area (Å²) < 4.78 is 5.38. The Morgan fingerprint density at radius 1 is 1.15 bits per heavy atom. The van der Waals surface area contributed by atoms with Gasteiger partial charge >= 0.3 is 0 Å². The quantitative estimate of drug-likeness (QED) is 0.609. The largest absolute Gasteiger partial charge is 0.378 e. The van der Waals surface area contributed by atoms with Crippen molar-refractivity contribution in [2.45, 2.75) is 13.8 Å². The first-order chi connectivity index (χ1) is 12.8. The third-order valence-corrected chi connectivity index (χ3v) is 4.40. The Hall–Kier alpha value is -2.67. The number of rotatable bonds is 7. The highest BCUT2D eigenvalue weighted by atomic mass is 16.5. The van der Waals surface area contributed by atoms with Gasteiger partial charge in [-0.05, 0) is 31.5 Å². The van der Waals surface area contributed by atoms with E-state index in [1.54, 1.807) is 12.5 Å². The summed E-state index contributed by atoms with van der Waals surface area (Å²) in [7, 11) is 0. The minimum Gasteiger partial charge on any atom is -0.378 e. The monoisotopic (exact) mass is 354 g/mol. The Balaban J connectivity index is 1.59. The molecule has 1 aliphatic rings. The van der Waals surface area contributed by atoms with Gasteiger partial charge in [-0.1, -0.05) is 12.1 Å². The summed E-state index contributed by atoms with van der Waals surface area (Å²) in [5.41, 5.74) is 5.25. The summed E-state index contributed by atoms with van der Waals surface area (Å²) in [6, 6.07) is 10.3. The summed E-state index contributed by atoms with van der Waals surface area (Å²) >= 11 is 0. The fourth-order valence-electron chi connectivity index (χ4n) is 2.91. The van der Waals surface area contributed by atoms with Gasteiger partial charge in [0.15, 0.2) is 5.82 Å². The molecule has 0 bridgehead atoms. The number of anilines is 3. The maximum atomic E-state index is 5.38. The third-order valence-electron chi connectivity index (χ3n) is 4.40. The van der Waals surface area contributed by atoms with Crippen molar-refractivity contribution in [3.63, 3.8) is 0 Å². The van der Waals surface area contributed by atoms with Crippen LogP contribution in [0, 0.1) is 0 Å². The van der Waals surface area contributed by atoms with Crippen molar-refractivity contribution in [3.8, 4) is 0 Å². The number of benzene rings is 1. The minimum atomic E-state index is 0.678. The molecule has 3 rings (SSSR count). The van der Waals surface area contributed by atoms with Crippen molar-refractivity contribution in [2.24, 2.45) is 5.10 Å². The van der Waals surface area contributed by atoms with Crippen LogP contribution in [0.15, 0.2) is 41.8 Å². The number of hydrazone groups is 1. The maximum absolute atomic E-state index is 5.38. The van der Waals surface area contributed by atoms with Crippen molar-refractivity contribution in [3.05, 3.63) is 42.2 Å². The summed E-state index contributed by atoms with van der Waals surface area (Å²) in [5, 5.41) is 4.29. The molecule has 1 aromatic carbocycles. The van der Waals surface area contributed by atoms with Gasteiger partial charge in [0.2, 0.25) is 0 Å². The van der Waals surface area contributed by atoms with Crippen LogP contribution in [0.3, 0.4) is 0 Å². The molecule has 1 fully saturated rings. The number of morpholine rings is 1. The SMILES string of the molecule is CCN(CC)c1ccc(/C=N/Nc2cc(N3CCOCC3)ncn2)cc1. The number of nitrogens with zero attached hydrogens (tertiary/aromatic N) is 5. The van der Waals surface area contributed by atoms with E-state index in [2.05, 4.69) is 68.4 Å². The van der Waals surface area contributed by atoms with Crippen molar-refractivity contribution >= 4 is 23.5 Å². The molecule has 138 valence electrons. The number of hydrogen-bond acceptors (Lipinski definition) is 7. The van der Waals surface area contributed by atoms with E-state index in [1.165, 1.54) is 5.69 Å². The van der Waals surface area contributed by atoms with Gasteiger partial charge in [-0.3, -0.25) is 5.43 Å². The molecule has 7 heteroatoms. The predicted octanol–water partition coefficient (Wildman–Crippen LogP) is 2.61. The molecule has 1 aromatic heterocycles. The average molecular weight is 354 g/mol. The van der Waals surface area contributed by atoms with Crippen LogP contribution in [0.4, 0.5) is 17.3 Å². The predicted molar refractivity (Wildman–Crippen MR) is 106 cm³/mol. The van der Waals surface area contributed by atoms with E-state index in [1.807, 2.05) is 6.07 Å². The molecule has 1 saturated heterocycles. The van der Waals surface area contributed by atoms with E-state index >= 15 is 0 Å². The summed E-state index contributed by atoms with van der Waals surface area (Å²) in [5.74, 6) is 1.57. The smallest absolute Gasteiger partial charge is 0.151 e. The van der Waals surface area contributed by atoms with Crippen LogP contribution < -0.4 is 15.2 Å². The zero-order valence-electron chi connectivity index (χ0n) is 15.4. The highest BCUT2D eigenvalue weighted by Gasteiger charge is 2.12. The standard InChI is InChI=1S/C19H26N6O/c1-3-24(4-2)17-7-5-16(6-8-17)14-22-23-18-13-19(21-15-20-18)25-9-11-26-12-10-25/h5-8,13-15H,3-4,9-12H2,1-2H3,(H,20,21,23)/b22-14+. The lowest BCUT2D eigenvalue weighted by Crippen LogP contribution is -2.36. The van der Waals surface area contributed by atoms with Crippen molar-refractivity contribution in [1.82, 2.24) is 9.97 Å². The normalized spacial score (nSPS) is 14.6. The second kappa shape index (κ2) is 9.15. The molecule has 1 aliphatic heterocycles. The highest BCUT2D eigenvalue weighted by molar-refractivity contribution is 5.80. The van der Waals surface area contributed by atoms with Crippen molar-refractivity contribution in [2.75, 3.05) is 54.6 Å². The van der Waals surface area contributed by atoms with Gasteiger partial charge in [-0.15, -0.1) is 0 Å². The van der Waals surface area contributed by atoms with Gasteiger partial charge in [-0.2, -0.15) is 5.10 Å². The number of aromatic nitrogens is 2. The number of nitrogens with one attached hydrogen (secondary N) is 1. The second-order valence-corrected chi connectivity index (χ2v) is 5.99. The van der Waals surface area contributed by atoms with Crippen LogP contribution in [-0.4, -0.2) is 55.6 Å². The fourth-order valence-corrected chi connectivity index (χ4v) is 2.91. The lowest BCUT2D eigenvalue weighted by molar-refractivity contribution is 0.122. The second-order valence-electron chi connectivity index (χ2n) is 5.99. The van der Waals surface area contributed by atoms with Crippen LogP contribution in [0.1, 0.15) is 19.4 Å². The van der Waals surface area contributed by atoms with Crippen LogP contribution in [0.25, 0.3) is 0 Å². The van der Waals surface area contributed by atoms with E-state index in [0.29, 0.717) is 5.82 Å². The number of hydrogen-bond donors (Lipinski definition) is 1. The van der Waals surface area contributed by atoms with Gasteiger partial charge < -0.3 is 14.5 Å². The molecule has 2 heterocycles. The summed E-state index contributed by atoms with van der Waals surface area (Å²) in [6.45, 7) is 9.49. The Morgan fingerprint density at radius 3 is 2.58 bits per heavy atom. The number of ether oxygens (including phenoxy) is 1. The van der Waals surface area contributed by atoms with E-state index in [4.69, 9.17) is 4.74 Å². The first-order valence-electron chi connectivity index (χ1n) is 9.09. The molecule has 0 amide bonds. The fraction of sp³-hybridized carbons (Fsp3) is 0.421. The van der Waals surface area contributed by atoms with Crippen molar-refractivity contribution < 1.29 is 4.74 Å². The van der Waals surface area contributed by atoms with E-state index in [-0.39, 0.29) is 0 Å². The van der Waals surface area contributed by atoms with Crippen LogP contribution in [0.5, 0.6) is 0 Å². The minimum absolute atomic E-state index is 0.678. The van der Waals surface area contributed by atoms with Crippen LogP contribution in [-0.2, 0) is 4.74 Å². The average Bonchev–Trinajstić information content (AvgIpc) is 2.71. The van der Waals surface area contributed by atoms with E-state index in [9.17, 15) is 0 Å². The molecular formula is C19H26N6O.